The highest BCUT2D eigenvalue weighted by atomic mass is 79.9. The molecule has 0 unspecified atom stereocenters. The molecular formula is C24H42BrN5O2. The number of halogens is 1. The highest BCUT2D eigenvalue weighted by Crippen LogP contribution is 2.32. The quantitative estimate of drug-likeness (QED) is 0.146. The molecule has 0 saturated carbocycles. The lowest BCUT2D eigenvalue weighted by Crippen LogP contribution is -2.34. The third kappa shape index (κ3) is 8.19. The van der Waals surface area contributed by atoms with Gasteiger partial charge in [0, 0.05) is 66.6 Å². The van der Waals surface area contributed by atoms with Crippen LogP contribution >= 0.6 is 15.9 Å². The van der Waals surface area contributed by atoms with Crippen molar-refractivity contribution in [3.8, 4) is 0 Å². The summed E-state index contributed by atoms with van der Waals surface area (Å²) in [6.07, 6.45) is 8.97. The molecular weight excluding hydrogens is 470 g/mol. The first-order valence-corrected chi connectivity index (χ1v) is 13.3. The van der Waals surface area contributed by atoms with Crippen LogP contribution in [0.1, 0.15) is 82.0 Å². The molecule has 0 spiro atoms. The van der Waals surface area contributed by atoms with Crippen LogP contribution in [-0.2, 0) is 22.5 Å². The number of carbonyl (C=O) groups excluding carboxylic acids is 1. The maximum atomic E-state index is 12.5. The van der Waals surface area contributed by atoms with Gasteiger partial charge in [0.25, 0.3) is 0 Å². The number of nitrogens with zero attached hydrogens (tertiary/aromatic N) is 2. The minimum absolute atomic E-state index is 0.111. The summed E-state index contributed by atoms with van der Waals surface area (Å²) in [6, 6.07) is 0.351. The Hall–Kier alpha value is -1.38. The second kappa shape index (κ2) is 14.7. The summed E-state index contributed by atoms with van der Waals surface area (Å²) >= 11 is 3.46. The summed E-state index contributed by atoms with van der Waals surface area (Å²) in [6.45, 7) is 8.90. The maximum absolute atomic E-state index is 12.5. The Morgan fingerprint density at radius 3 is 2.53 bits per heavy atom. The van der Waals surface area contributed by atoms with Crippen molar-refractivity contribution in [3.63, 3.8) is 0 Å². The zero-order valence-corrected chi connectivity index (χ0v) is 21.7. The first kappa shape index (κ1) is 26.9. The van der Waals surface area contributed by atoms with E-state index in [0.717, 1.165) is 79.0 Å². The van der Waals surface area contributed by atoms with Gasteiger partial charge in [0.15, 0.2) is 0 Å². The van der Waals surface area contributed by atoms with E-state index in [4.69, 9.17) is 15.6 Å². The summed E-state index contributed by atoms with van der Waals surface area (Å²) in [7, 11) is 0. The predicted molar refractivity (Wildman–Crippen MR) is 136 cm³/mol. The summed E-state index contributed by atoms with van der Waals surface area (Å²) in [5, 5.41) is 9.65. The lowest BCUT2D eigenvalue weighted by molar-refractivity contribution is -0.121. The molecule has 4 N–H and O–H groups in total. The van der Waals surface area contributed by atoms with E-state index in [0.29, 0.717) is 25.6 Å². The fourth-order valence-corrected chi connectivity index (χ4v) is 4.50. The summed E-state index contributed by atoms with van der Waals surface area (Å²) < 4.78 is 5.53. The van der Waals surface area contributed by atoms with Crippen molar-refractivity contribution in [2.24, 2.45) is 5.84 Å². The lowest BCUT2D eigenvalue weighted by Gasteiger charge is -2.29. The molecule has 2 heterocycles. The van der Waals surface area contributed by atoms with Crippen LogP contribution in [0, 0.1) is 6.92 Å². The van der Waals surface area contributed by atoms with E-state index < -0.39 is 0 Å². The number of anilines is 2. The monoisotopic (exact) mass is 511 g/mol. The maximum Gasteiger partial charge on any atom is 0.220 e. The molecule has 1 aliphatic rings. The van der Waals surface area contributed by atoms with Crippen LogP contribution in [-0.4, -0.2) is 42.0 Å². The number of carbonyl (C=O) groups is 1. The van der Waals surface area contributed by atoms with Crippen LogP contribution in [0.3, 0.4) is 0 Å². The summed E-state index contributed by atoms with van der Waals surface area (Å²) in [5.41, 5.74) is 4.17. The van der Waals surface area contributed by atoms with E-state index >= 15 is 0 Å². The normalized spacial score (nSPS) is 14.4. The number of aryl methyl sites for hydroxylation is 1. The molecule has 0 radical (unpaired) electrons. The summed E-state index contributed by atoms with van der Waals surface area (Å²) in [4.78, 5) is 17.4. The van der Waals surface area contributed by atoms with Gasteiger partial charge < -0.3 is 15.4 Å². The lowest BCUT2D eigenvalue weighted by atomic mass is 10.0. The Balaban J connectivity index is 2.12. The molecule has 1 aromatic rings. The highest BCUT2D eigenvalue weighted by molar-refractivity contribution is 9.09. The standard InChI is InChI=1S/C24H42BrN5O2/c1-4-21-20(17-27-22(31)11-9-7-6-8-10-14-25)23(28-19-12-15-32-16-13-19)18(3)24(29-21)30(26)5-2/h19H,4-17,26H2,1-3H3,(H,27,31)(H,28,29). The minimum atomic E-state index is 0.111. The number of amides is 1. The number of pyridine rings is 1. The molecule has 8 heteroatoms. The zero-order chi connectivity index (χ0) is 23.3. The van der Waals surface area contributed by atoms with Gasteiger partial charge in [0.1, 0.15) is 5.82 Å². The minimum Gasteiger partial charge on any atom is -0.381 e. The number of hydrazine groups is 1. The summed E-state index contributed by atoms with van der Waals surface area (Å²) in [5.74, 6) is 7.16. The van der Waals surface area contributed by atoms with Gasteiger partial charge in [-0.15, -0.1) is 0 Å². The third-order valence-corrected chi connectivity index (χ3v) is 6.68. The van der Waals surface area contributed by atoms with Crippen molar-refractivity contribution in [3.05, 3.63) is 16.8 Å². The van der Waals surface area contributed by atoms with Crippen LogP contribution in [0.5, 0.6) is 0 Å². The molecule has 0 aliphatic carbocycles. The van der Waals surface area contributed by atoms with Gasteiger partial charge in [0.2, 0.25) is 5.91 Å². The fraction of sp³-hybridized carbons (Fsp3) is 0.750. The van der Waals surface area contributed by atoms with Gasteiger partial charge in [0.05, 0.1) is 0 Å². The first-order chi connectivity index (χ1) is 15.5. The number of nitrogens with one attached hydrogen (secondary N) is 2. The number of aromatic nitrogens is 1. The van der Waals surface area contributed by atoms with Gasteiger partial charge in [-0.1, -0.05) is 42.1 Å². The van der Waals surface area contributed by atoms with Crippen molar-refractivity contribution >= 4 is 33.3 Å². The molecule has 1 aromatic heterocycles. The molecule has 1 fully saturated rings. The van der Waals surface area contributed by atoms with E-state index in [2.05, 4.69) is 40.4 Å². The highest BCUT2D eigenvalue weighted by Gasteiger charge is 2.22. The number of hydrogen-bond donors (Lipinski definition) is 3. The largest absolute Gasteiger partial charge is 0.381 e. The van der Waals surface area contributed by atoms with E-state index in [1.807, 2.05) is 6.92 Å². The molecule has 1 saturated heterocycles. The Labute approximate surface area is 202 Å². The molecule has 1 amide bonds. The number of ether oxygens (including phenoxy) is 1. The van der Waals surface area contributed by atoms with E-state index in [9.17, 15) is 4.79 Å². The van der Waals surface area contributed by atoms with Crippen molar-refractivity contribution in [1.29, 1.82) is 0 Å². The Kier molecular flexibility index (Phi) is 12.3. The average Bonchev–Trinajstić information content (AvgIpc) is 2.81. The third-order valence-electron chi connectivity index (χ3n) is 6.12. The van der Waals surface area contributed by atoms with Gasteiger partial charge in [-0.25, -0.2) is 10.8 Å². The predicted octanol–water partition coefficient (Wildman–Crippen LogP) is 4.60. The Bertz CT molecular complexity index is 710. The molecule has 0 bridgehead atoms. The van der Waals surface area contributed by atoms with Gasteiger partial charge in [-0.2, -0.15) is 0 Å². The topological polar surface area (TPSA) is 92.5 Å². The Morgan fingerprint density at radius 2 is 1.88 bits per heavy atom. The fourth-order valence-electron chi connectivity index (χ4n) is 4.10. The van der Waals surface area contributed by atoms with Crippen molar-refractivity contribution in [2.75, 3.05) is 35.4 Å². The van der Waals surface area contributed by atoms with Gasteiger partial charge in [-0.3, -0.25) is 9.80 Å². The number of rotatable bonds is 14. The molecule has 1 aliphatic heterocycles. The molecule has 2 rings (SSSR count). The zero-order valence-electron chi connectivity index (χ0n) is 20.1. The average molecular weight is 513 g/mol. The van der Waals surface area contributed by atoms with Crippen LogP contribution in [0.25, 0.3) is 0 Å². The van der Waals surface area contributed by atoms with Crippen molar-refractivity contribution in [2.45, 2.75) is 91.1 Å². The Morgan fingerprint density at radius 1 is 1.19 bits per heavy atom. The van der Waals surface area contributed by atoms with Crippen LogP contribution in [0.2, 0.25) is 0 Å². The molecule has 7 nitrogen and oxygen atoms in total. The number of unbranched alkanes of at least 4 members (excludes halogenated alkanes) is 4. The van der Waals surface area contributed by atoms with Crippen molar-refractivity contribution < 1.29 is 9.53 Å². The molecule has 0 aromatic carbocycles. The first-order valence-electron chi connectivity index (χ1n) is 12.2. The van der Waals surface area contributed by atoms with Gasteiger partial charge in [-0.05, 0) is 46.0 Å². The molecule has 0 atom stereocenters. The number of hydrogen-bond acceptors (Lipinski definition) is 6. The van der Waals surface area contributed by atoms with Gasteiger partial charge >= 0.3 is 0 Å². The number of alkyl halides is 1. The second-order valence-corrected chi connectivity index (χ2v) is 9.31. The molecule has 32 heavy (non-hydrogen) atoms. The van der Waals surface area contributed by atoms with Crippen molar-refractivity contribution in [1.82, 2.24) is 10.3 Å². The van der Waals surface area contributed by atoms with E-state index in [1.165, 1.54) is 19.3 Å². The van der Waals surface area contributed by atoms with E-state index in [1.54, 1.807) is 5.01 Å². The second-order valence-electron chi connectivity index (χ2n) is 8.51. The van der Waals surface area contributed by atoms with Crippen LogP contribution in [0.4, 0.5) is 11.5 Å². The van der Waals surface area contributed by atoms with Crippen LogP contribution < -0.4 is 21.5 Å². The molecule has 182 valence electrons. The number of nitrogens with two attached hydrogens (primary N) is 1. The van der Waals surface area contributed by atoms with E-state index in [-0.39, 0.29) is 5.91 Å². The SMILES string of the molecule is CCc1nc(N(N)CC)c(C)c(NC2CCOCC2)c1CNC(=O)CCCCCCCBr. The van der Waals surface area contributed by atoms with Crippen LogP contribution in [0.15, 0.2) is 0 Å². The smallest absolute Gasteiger partial charge is 0.220 e.